The van der Waals surface area contributed by atoms with Crippen molar-refractivity contribution in [1.29, 1.82) is 0 Å². The van der Waals surface area contributed by atoms with E-state index in [4.69, 9.17) is 13.8 Å². The summed E-state index contributed by atoms with van der Waals surface area (Å²) in [5.74, 6) is -0.585. The lowest BCUT2D eigenvalue weighted by Gasteiger charge is -2.27. The summed E-state index contributed by atoms with van der Waals surface area (Å²) in [4.78, 5) is 37.7. The molecule has 0 saturated carbocycles. The molecule has 0 aromatic rings. The molecule has 462 valence electrons. The van der Waals surface area contributed by atoms with Gasteiger partial charge < -0.3 is 19.4 Å². The van der Waals surface area contributed by atoms with Crippen LogP contribution in [0.1, 0.15) is 252 Å². The first-order valence-electron chi connectivity index (χ1n) is 32.5. The number of carbonyl (C=O) groups excluding carboxylic acids is 2. The first-order chi connectivity index (χ1) is 39.4. The van der Waals surface area contributed by atoms with E-state index in [9.17, 15) is 19.0 Å². The van der Waals surface area contributed by atoms with Gasteiger partial charge in [0, 0.05) is 12.8 Å². The lowest BCUT2D eigenvalue weighted by Crippen LogP contribution is -2.47. The number of likely N-dealkylation sites (N-methyl/N-ethyl adjacent to an activating group) is 1. The molecule has 0 fully saturated rings. The number of hydrogen-bond donors (Lipinski definition) is 2. The summed E-state index contributed by atoms with van der Waals surface area (Å²) in [5.41, 5.74) is 0. The number of amides is 1. The van der Waals surface area contributed by atoms with Gasteiger partial charge in [-0.3, -0.25) is 18.6 Å². The van der Waals surface area contributed by atoms with Crippen LogP contribution in [0.2, 0.25) is 0 Å². The maximum atomic E-state index is 13.5. The molecular weight excluding hydrogens is 1020 g/mol. The highest BCUT2D eigenvalue weighted by atomic mass is 31.2. The molecule has 0 heterocycles. The number of allylic oxidation sites excluding steroid dienone is 21. The normalized spacial score (nSPS) is 14.5. The van der Waals surface area contributed by atoms with Gasteiger partial charge in [-0.2, -0.15) is 0 Å². The SMILES string of the molecule is CC/C=C\C/C=C\C/C=C\C/C=C\C/C=C\CCCCCCCCCCCCCC(=O)OC(/C=C\CCCCCCCCCCC)C(COP(=O)(O)OCC[N+](C)(C)C)NC(=O)CCC/C=C\C/C=C\C/C=C\C/C=C\C/C=C\CC. The predicted molar refractivity (Wildman–Crippen MR) is 350 cm³/mol. The Hall–Kier alpha value is -3.85. The summed E-state index contributed by atoms with van der Waals surface area (Å²) in [6, 6.07) is -0.888. The van der Waals surface area contributed by atoms with Crippen molar-refractivity contribution in [2.24, 2.45) is 0 Å². The van der Waals surface area contributed by atoms with Crippen LogP contribution in [0.5, 0.6) is 0 Å². The maximum Gasteiger partial charge on any atom is 0.472 e. The highest BCUT2D eigenvalue weighted by Gasteiger charge is 2.30. The molecule has 0 spiro atoms. The van der Waals surface area contributed by atoms with Crippen LogP contribution < -0.4 is 5.32 Å². The molecule has 10 heteroatoms. The molecule has 0 aliphatic heterocycles. The van der Waals surface area contributed by atoms with E-state index in [1.54, 1.807) is 0 Å². The number of rotatable bonds is 57. The second-order valence-corrected chi connectivity index (χ2v) is 24.0. The minimum atomic E-state index is -4.47. The first-order valence-corrected chi connectivity index (χ1v) is 34.0. The monoisotopic (exact) mass is 1150 g/mol. The Balaban J connectivity index is 5.15. The number of carbonyl (C=O) groups is 2. The number of quaternary nitrogens is 1. The lowest BCUT2D eigenvalue weighted by atomic mass is 10.0. The summed E-state index contributed by atoms with van der Waals surface area (Å²) in [7, 11) is 1.44. The Morgan fingerprint density at radius 1 is 0.444 bits per heavy atom. The van der Waals surface area contributed by atoms with Crippen molar-refractivity contribution in [2.75, 3.05) is 40.9 Å². The molecule has 0 radical (unpaired) electrons. The largest absolute Gasteiger partial charge is 0.472 e. The number of nitrogens with one attached hydrogen (secondary N) is 1. The fourth-order valence-electron chi connectivity index (χ4n) is 8.65. The Morgan fingerprint density at radius 3 is 1.21 bits per heavy atom. The molecule has 0 bridgehead atoms. The minimum absolute atomic E-state index is 0.0225. The summed E-state index contributed by atoms with van der Waals surface area (Å²) in [6.45, 7) is 6.72. The van der Waals surface area contributed by atoms with Crippen LogP contribution in [0.25, 0.3) is 0 Å². The molecule has 81 heavy (non-hydrogen) atoms. The van der Waals surface area contributed by atoms with Gasteiger partial charge in [0.2, 0.25) is 5.91 Å². The third-order valence-corrected chi connectivity index (χ3v) is 14.6. The van der Waals surface area contributed by atoms with Gasteiger partial charge in [-0.15, -0.1) is 0 Å². The maximum absolute atomic E-state index is 13.5. The summed E-state index contributed by atoms with van der Waals surface area (Å²) >= 11 is 0. The van der Waals surface area contributed by atoms with Gasteiger partial charge in [0.15, 0.2) is 0 Å². The van der Waals surface area contributed by atoms with Crippen LogP contribution in [0.3, 0.4) is 0 Å². The van der Waals surface area contributed by atoms with Gasteiger partial charge in [0.1, 0.15) is 19.3 Å². The highest BCUT2D eigenvalue weighted by molar-refractivity contribution is 7.47. The molecule has 9 nitrogen and oxygen atoms in total. The highest BCUT2D eigenvalue weighted by Crippen LogP contribution is 2.43. The van der Waals surface area contributed by atoms with Crippen molar-refractivity contribution in [2.45, 2.75) is 264 Å². The van der Waals surface area contributed by atoms with Gasteiger partial charge in [-0.25, -0.2) is 4.57 Å². The molecule has 0 rings (SSSR count). The molecule has 1 amide bonds. The zero-order chi connectivity index (χ0) is 59.3. The van der Waals surface area contributed by atoms with Crippen LogP contribution in [-0.2, 0) is 27.9 Å². The molecule has 0 aliphatic carbocycles. The van der Waals surface area contributed by atoms with Crippen LogP contribution >= 0.6 is 7.82 Å². The van der Waals surface area contributed by atoms with E-state index in [1.807, 2.05) is 33.3 Å². The Bertz CT molecular complexity index is 1850. The first kappa shape index (κ1) is 77.2. The topological polar surface area (TPSA) is 111 Å². The van der Waals surface area contributed by atoms with Crippen LogP contribution in [0.15, 0.2) is 134 Å². The molecule has 3 unspecified atom stereocenters. The smallest absolute Gasteiger partial charge is 0.456 e. The van der Waals surface area contributed by atoms with E-state index in [2.05, 4.69) is 148 Å². The van der Waals surface area contributed by atoms with E-state index in [-0.39, 0.29) is 37.9 Å². The Kier molecular flexibility index (Phi) is 56.5. The van der Waals surface area contributed by atoms with Gasteiger partial charge in [0.05, 0.1) is 33.8 Å². The van der Waals surface area contributed by atoms with E-state index in [1.165, 1.54) is 89.9 Å². The van der Waals surface area contributed by atoms with Gasteiger partial charge in [0.25, 0.3) is 0 Å². The standard InChI is InChI=1S/C71H121N2O7P/c1-7-10-13-16-19-22-25-27-29-31-32-33-34-35-36-37-38-39-40-42-44-46-49-52-55-58-61-64-71(75)80-69(62-59-56-53-50-47-24-21-18-15-12-9-3)68(67-79-81(76,77)78-66-65-73(4,5)6)72-70(74)63-60-57-54-51-48-45-43-41-30-28-26-23-20-17-14-11-8-2/h10-11,13-14,19-20,22-23,27-30,32-33,35-36,43,45,51,54,59,62,68-69H,7-9,12,15-18,21,24-26,31,34,37-42,44,46-50,52-53,55-58,60-61,63-67H2,1-6H3,(H-,72,74,76,77)/p+1/b13-10-,14-11-,22-19-,23-20-,29-27-,30-28-,33-32-,36-35-,45-43-,54-51-,62-59-. The Labute approximate surface area is 498 Å². The molecule has 2 N–H and O–H groups in total. The number of ether oxygens (including phenoxy) is 1. The van der Waals surface area contributed by atoms with E-state index < -0.39 is 20.0 Å². The van der Waals surface area contributed by atoms with Crippen molar-refractivity contribution >= 4 is 19.7 Å². The zero-order valence-electron chi connectivity index (χ0n) is 52.7. The third kappa shape index (κ3) is 60.6. The van der Waals surface area contributed by atoms with Crippen LogP contribution in [0, 0.1) is 0 Å². The van der Waals surface area contributed by atoms with E-state index >= 15 is 0 Å². The number of phosphoric ester groups is 1. The predicted octanol–water partition coefficient (Wildman–Crippen LogP) is 20.4. The molecule has 0 aromatic heterocycles. The molecule has 3 atom stereocenters. The minimum Gasteiger partial charge on any atom is -0.456 e. The summed E-state index contributed by atoms with van der Waals surface area (Å²) < 4.78 is 30.7. The number of hydrogen-bond acceptors (Lipinski definition) is 6. The number of esters is 1. The second kappa shape index (κ2) is 59.3. The quantitative estimate of drug-likeness (QED) is 0.0205. The molecular formula is C71H122N2O7P+. The summed E-state index contributed by atoms with van der Waals surface area (Å²) in [5, 5.41) is 3.02. The third-order valence-electron chi connectivity index (χ3n) is 13.6. The zero-order valence-corrected chi connectivity index (χ0v) is 53.6. The van der Waals surface area contributed by atoms with Gasteiger partial charge in [-0.1, -0.05) is 258 Å². The fourth-order valence-corrected chi connectivity index (χ4v) is 9.38. The van der Waals surface area contributed by atoms with Crippen molar-refractivity contribution in [3.8, 4) is 0 Å². The lowest BCUT2D eigenvalue weighted by molar-refractivity contribution is -0.870. The Morgan fingerprint density at radius 2 is 0.802 bits per heavy atom. The summed E-state index contributed by atoms with van der Waals surface area (Å²) in [6.07, 6.45) is 84.7. The average molecular weight is 1150 g/mol. The molecule has 0 aliphatic rings. The molecule has 0 saturated heterocycles. The van der Waals surface area contributed by atoms with Crippen molar-refractivity contribution in [3.63, 3.8) is 0 Å². The second-order valence-electron chi connectivity index (χ2n) is 22.5. The average Bonchev–Trinajstić information content (AvgIpc) is 3.44. The van der Waals surface area contributed by atoms with Crippen LogP contribution in [0.4, 0.5) is 0 Å². The van der Waals surface area contributed by atoms with Crippen LogP contribution in [-0.4, -0.2) is 74.3 Å². The van der Waals surface area contributed by atoms with Crippen molar-refractivity contribution in [1.82, 2.24) is 5.32 Å². The molecule has 0 aromatic carbocycles. The number of phosphoric acid groups is 1. The van der Waals surface area contributed by atoms with Gasteiger partial charge >= 0.3 is 13.8 Å². The van der Waals surface area contributed by atoms with Gasteiger partial charge in [-0.05, 0) is 115 Å². The van der Waals surface area contributed by atoms with E-state index in [0.29, 0.717) is 17.4 Å². The van der Waals surface area contributed by atoms with E-state index in [0.717, 1.165) is 122 Å². The number of nitrogens with zero attached hydrogens (tertiary/aromatic N) is 1. The number of unbranched alkanes of at least 4 members (excludes halogenated alkanes) is 21. The van der Waals surface area contributed by atoms with Crippen molar-refractivity contribution in [3.05, 3.63) is 134 Å². The fraction of sp³-hybridized carbons (Fsp3) is 0.662. The van der Waals surface area contributed by atoms with Crippen molar-refractivity contribution < 1.29 is 37.3 Å².